The zero-order valence-corrected chi connectivity index (χ0v) is 9.84. The number of hydrogen-bond donors (Lipinski definition) is 1. The molecule has 0 spiro atoms. The number of rotatable bonds is 3. The second-order valence-electron chi connectivity index (χ2n) is 3.09. The van der Waals surface area contributed by atoms with Gasteiger partial charge in [0.2, 0.25) is 0 Å². The summed E-state index contributed by atoms with van der Waals surface area (Å²) in [6.45, 7) is 5.94. The number of nitrogens with zero attached hydrogens (tertiary/aromatic N) is 2. The predicted molar refractivity (Wildman–Crippen MR) is 61.7 cm³/mol. The molecule has 1 heterocycles. The van der Waals surface area contributed by atoms with Gasteiger partial charge in [-0.1, -0.05) is 0 Å². The molecule has 4 nitrogen and oxygen atoms in total. The summed E-state index contributed by atoms with van der Waals surface area (Å²) in [6, 6.07) is 3.95. The molecule has 0 radical (unpaired) electrons. The molecular formula is C10H14N2O2S. The van der Waals surface area contributed by atoms with Crippen LogP contribution in [0.15, 0.2) is 17.2 Å². The van der Waals surface area contributed by atoms with Crippen molar-refractivity contribution in [2.75, 3.05) is 6.54 Å². The van der Waals surface area contributed by atoms with E-state index < -0.39 is 6.09 Å². The molecule has 1 aromatic rings. The third-order valence-corrected chi connectivity index (χ3v) is 3.00. The van der Waals surface area contributed by atoms with Crippen molar-refractivity contribution in [3.8, 4) is 0 Å². The van der Waals surface area contributed by atoms with Crippen molar-refractivity contribution in [2.24, 2.45) is 5.10 Å². The molecule has 0 atom stereocenters. The average molecular weight is 226 g/mol. The second-order valence-corrected chi connectivity index (χ2v) is 4.38. The van der Waals surface area contributed by atoms with Crippen molar-refractivity contribution in [3.63, 3.8) is 0 Å². The normalized spacial score (nSPS) is 11.5. The fraction of sp³-hybridized carbons (Fsp3) is 0.400. The van der Waals surface area contributed by atoms with Crippen LogP contribution in [0.2, 0.25) is 0 Å². The summed E-state index contributed by atoms with van der Waals surface area (Å²) in [7, 11) is 0. The van der Waals surface area contributed by atoms with E-state index in [-0.39, 0.29) is 0 Å². The van der Waals surface area contributed by atoms with Crippen molar-refractivity contribution >= 4 is 23.1 Å². The number of aryl methyl sites for hydroxylation is 1. The molecule has 1 amide bonds. The first kappa shape index (κ1) is 11.7. The Morgan fingerprint density at radius 3 is 2.67 bits per heavy atom. The van der Waals surface area contributed by atoms with E-state index in [4.69, 9.17) is 5.11 Å². The van der Waals surface area contributed by atoms with Gasteiger partial charge < -0.3 is 5.11 Å². The molecular weight excluding hydrogens is 212 g/mol. The van der Waals surface area contributed by atoms with Crippen LogP contribution in [0.25, 0.3) is 0 Å². The van der Waals surface area contributed by atoms with Crippen molar-refractivity contribution in [3.05, 3.63) is 21.9 Å². The van der Waals surface area contributed by atoms with E-state index in [0.717, 1.165) is 15.6 Å². The smallest absolute Gasteiger partial charge is 0.427 e. The molecule has 0 saturated heterocycles. The van der Waals surface area contributed by atoms with Gasteiger partial charge in [-0.05, 0) is 32.9 Å². The lowest BCUT2D eigenvalue weighted by Gasteiger charge is -2.10. The predicted octanol–water partition coefficient (Wildman–Crippen LogP) is 2.78. The van der Waals surface area contributed by atoms with Crippen molar-refractivity contribution < 1.29 is 9.90 Å². The molecule has 0 fully saturated rings. The number of hydrogen-bond acceptors (Lipinski definition) is 3. The number of thiophene rings is 1. The maximum absolute atomic E-state index is 10.7. The van der Waals surface area contributed by atoms with E-state index in [9.17, 15) is 4.79 Å². The minimum Gasteiger partial charge on any atom is -0.464 e. The lowest BCUT2D eigenvalue weighted by atomic mass is 10.3. The van der Waals surface area contributed by atoms with Crippen LogP contribution in [0.3, 0.4) is 0 Å². The van der Waals surface area contributed by atoms with Gasteiger partial charge in [0, 0.05) is 11.4 Å². The maximum atomic E-state index is 10.7. The molecule has 0 aliphatic heterocycles. The van der Waals surface area contributed by atoms with Crippen LogP contribution in [0.1, 0.15) is 23.6 Å². The molecule has 1 rings (SSSR count). The minimum absolute atomic E-state index is 0.358. The van der Waals surface area contributed by atoms with E-state index in [1.54, 1.807) is 18.3 Å². The summed E-state index contributed by atoms with van der Waals surface area (Å²) >= 11 is 1.61. The molecule has 0 aliphatic carbocycles. The van der Waals surface area contributed by atoms with Gasteiger partial charge in [-0.25, -0.2) is 4.79 Å². The van der Waals surface area contributed by atoms with Gasteiger partial charge in [0.05, 0.1) is 10.6 Å². The Hall–Kier alpha value is -1.36. The van der Waals surface area contributed by atoms with Crippen molar-refractivity contribution in [2.45, 2.75) is 20.8 Å². The summed E-state index contributed by atoms with van der Waals surface area (Å²) in [5, 5.41) is 13.9. The summed E-state index contributed by atoms with van der Waals surface area (Å²) in [6.07, 6.45) is -1.02. The highest BCUT2D eigenvalue weighted by Crippen LogP contribution is 2.16. The molecule has 0 aromatic carbocycles. The van der Waals surface area contributed by atoms with Crippen molar-refractivity contribution in [1.82, 2.24) is 5.01 Å². The molecule has 0 bridgehead atoms. The van der Waals surface area contributed by atoms with Crippen LogP contribution in [0.4, 0.5) is 4.79 Å². The van der Waals surface area contributed by atoms with Crippen molar-refractivity contribution in [1.29, 1.82) is 0 Å². The SMILES string of the molecule is CCN(/N=C(/C)c1ccc(C)s1)C(=O)O. The topological polar surface area (TPSA) is 52.9 Å². The van der Waals surface area contributed by atoms with Crippen LogP contribution >= 0.6 is 11.3 Å². The lowest BCUT2D eigenvalue weighted by Crippen LogP contribution is -2.24. The zero-order chi connectivity index (χ0) is 11.4. The minimum atomic E-state index is -1.02. The summed E-state index contributed by atoms with van der Waals surface area (Å²) in [5.74, 6) is 0. The average Bonchev–Trinajstić information content (AvgIpc) is 2.60. The fourth-order valence-electron chi connectivity index (χ4n) is 1.11. The largest absolute Gasteiger partial charge is 0.464 e. The molecule has 1 N–H and O–H groups in total. The van der Waals surface area contributed by atoms with Gasteiger partial charge in [0.1, 0.15) is 0 Å². The molecule has 5 heteroatoms. The van der Waals surface area contributed by atoms with Gasteiger partial charge in [-0.3, -0.25) is 0 Å². The van der Waals surface area contributed by atoms with Gasteiger partial charge in [0.25, 0.3) is 0 Å². The standard InChI is InChI=1S/C10H14N2O2S/c1-4-12(10(13)14)11-8(3)9-6-5-7(2)15-9/h5-6H,4H2,1-3H3,(H,13,14)/b11-8-. The Morgan fingerprint density at radius 2 is 2.27 bits per heavy atom. The van der Waals surface area contributed by atoms with Crippen LogP contribution in [0.5, 0.6) is 0 Å². The number of carbonyl (C=O) groups is 1. The molecule has 82 valence electrons. The van der Waals surface area contributed by atoms with Gasteiger partial charge in [-0.15, -0.1) is 11.3 Å². The summed E-state index contributed by atoms with van der Waals surface area (Å²) in [4.78, 5) is 12.9. The highest BCUT2D eigenvalue weighted by atomic mass is 32.1. The molecule has 1 aromatic heterocycles. The molecule has 0 aliphatic rings. The lowest BCUT2D eigenvalue weighted by molar-refractivity contribution is 0.149. The Labute approximate surface area is 92.8 Å². The first-order valence-corrected chi connectivity index (χ1v) is 5.48. The van der Waals surface area contributed by atoms with E-state index in [1.807, 2.05) is 26.0 Å². The van der Waals surface area contributed by atoms with Crippen LogP contribution in [-0.2, 0) is 0 Å². The van der Waals surface area contributed by atoms with E-state index in [1.165, 1.54) is 4.88 Å². The van der Waals surface area contributed by atoms with E-state index >= 15 is 0 Å². The third kappa shape index (κ3) is 3.06. The Kier molecular flexibility index (Phi) is 3.85. The number of hydrazone groups is 1. The first-order valence-electron chi connectivity index (χ1n) is 4.67. The Morgan fingerprint density at radius 1 is 1.60 bits per heavy atom. The van der Waals surface area contributed by atoms with Crippen LogP contribution in [-0.4, -0.2) is 28.5 Å². The first-order chi connectivity index (χ1) is 7.04. The quantitative estimate of drug-likeness (QED) is 0.636. The Balaban J connectivity index is 2.87. The highest BCUT2D eigenvalue weighted by molar-refractivity contribution is 7.14. The van der Waals surface area contributed by atoms with E-state index in [2.05, 4.69) is 5.10 Å². The van der Waals surface area contributed by atoms with Gasteiger partial charge in [-0.2, -0.15) is 10.1 Å². The van der Waals surface area contributed by atoms with Gasteiger partial charge >= 0.3 is 6.09 Å². The monoisotopic (exact) mass is 226 g/mol. The Bertz CT molecular complexity index is 385. The van der Waals surface area contributed by atoms with Crippen LogP contribution < -0.4 is 0 Å². The molecule has 0 saturated carbocycles. The zero-order valence-electron chi connectivity index (χ0n) is 9.02. The van der Waals surface area contributed by atoms with E-state index in [0.29, 0.717) is 6.54 Å². The molecule has 15 heavy (non-hydrogen) atoms. The van der Waals surface area contributed by atoms with Crippen LogP contribution in [0, 0.1) is 6.92 Å². The number of carboxylic acid groups (broad SMARTS) is 1. The third-order valence-electron chi connectivity index (χ3n) is 1.89. The second kappa shape index (κ2) is 4.93. The fourth-order valence-corrected chi connectivity index (χ4v) is 1.92. The highest BCUT2D eigenvalue weighted by Gasteiger charge is 2.09. The number of amides is 1. The molecule has 0 unspecified atom stereocenters. The summed E-state index contributed by atoms with van der Waals surface area (Å²) in [5.41, 5.74) is 0.734. The van der Waals surface area contributed by atoms with Gasteiger partial charge in [0.15, 0.2) is 0 Å². The summed E-state index contributed by atoms with van der Waals surface area (Å²) < 4.78 is 0. The maximum Gasteiger partial charge on any atom is 0.427 e.